The SMILES string of the molecule is CCNC(=O)C(C)(C)CNCc1ccsc1. The van der Waals surface area contributed by atoms with Crippen LogP contribution in [0.1, 0.15) is 26.3 Å². The lowest BCUT2D eigenvalue weighted by Crippen LogP contribution is -2.43. The molecule has 2 N–H and O–H groups in total. The van der Waals surface area contributed by atoms with Gasteiger partial charge >= 0.3 is 0 Å². The molecule has 0 spiro atoms. The number of carbonyl (C=O) groups is 1. The van der Waals surface area contributed by atoms with Gasteiger partial charge in [0.2, 0.25) is 5.91 Å². The summed E-state index contributed by atoms with van der Waals surface area (Å²) in [5, 5.41) is 10.3. The van der Waals surface area contributed by atoms with Crippen LogP contribution in [-0.2, 0) is 11.3 Å². The van der Waals surface area contributed by atoms with E-state index in [1.54, 1.807) is 11.3 Å². The van der Waals surface area contributed by atoms with Crippen molar-refractivity contribution in [2.24, 2.45) is 5.41 Å². The first kappa shape index (κ1) is 13.2. The summed E-state index contributed by atoms with van der Waals surface area (Å²) in [4.78, 5) is 11.7. The Morgan fingerprint density at radius 1 is 1.50 bits per heavy atom. The zero-order valence-corrected chi connectivity index (χ0v) is 11.0. The van der Waals surface area contributed by atoms with Crippen LogP contribution in [0.25, 0.3) is 0 Å². The standard InChI is InChI=1S/C12H20N2OS/c1-4-14-11(15)12(2,3)9-13-7-10-5-6-16-8-10/h5-6,8,13H,4,7,9H2,1-3H3,(H,14,15). The molecule has 0 unspecified atom stereocenters. The Labute approximate surface area is 101 Å². The molecule has 1 rings (SSSR count). The maximum Gasteiger partial charge on any atom is 0.226 e. The van der Waals surface area contributed by atoms with Gasteiger partial charge in [-0.2, -0.15) is 11.3 Å². The van der Waals surface area contributed by atoms with E-state index in [9.17, 15) is 4.79 Å². The molecule has 0 radical (unpaired) electrons. The first-order valence-electron chi connectivity index (χ1n) is 5.56. The Morgan fingerprint density at radius 2 is 2.25 bits per heavy atom. The van der Waals surface area contributed by atoms with Gasteiger partial charge in [-0.3, -0.25) is 4.79 Å². The van der Waals surface area contributed by atoms with Gasteiger partial charge in [0.05, 0.1) is 5.41 Å². The fourth-order valence-corrected chi connectivity index (χ4v) is 2.06. The zero-order chi connectivity index (χ0) is 12.0. The summed E-state index contributed by atoms with van der Waals surface area (Å²) in [7, 11) is 0. The summed E-state index contributed by atoms with van der Waals surface area (Å²) in [6.45, 7) is 8.05. The molecule has 1 heterocycles. The van der Waals surface area contributed by atoms with Crippen molar-refractivity contribution in [3.8, 4) is 0 Å². The molecule has 1 aromatic heterocycles. The molecule has 4 heteroatoms. The number of hydrogen-bond acceptors (Lipinski definition) is 3. The van der Waals surface area contributed by atoms with Crippen LogP contribution in [0.2, 0.25) is 0 Å². The number of rotatable bonds is 6. The van der Waals surface area contributed by atoms with Gasteiger partial charge in [-0.05, 0) is 43.2 Å². The molecular weight excluding hydrogens is 220 g/mol. The number of carbonyl (C=O) groups excluding carboxylic acids is 1. The minimum atomic E-state index is -0.355. The van der Waals surface area contributed by atoms with Crippen molar-refractivity contribution in [2.75, 3.05) is 13.1 Å². The normalized spacial score (nSPS) is 11.4. The quantitative estimate of drug-likeness (QED) is 0.798. The Hall–Kier alpha value is -0.870. The Balaban J connectivity index is 2.33. The van der Waals surface area contributed by atoms with Crippen LogP contribution in [0.4, 0.5) is 0 Å². The second-order valence-electron chi connectivity index (χ2n) is 4.48. The lowest BCUT2D eigenvalue weighted by atomic mass is 9.92. The van der Waals surface area contributed by atoms with E-state index < -0.39 is 0 Å². The van der Waals surface area contributed by atoms with Crippen LogP contribution in [-0.4, -0.2) is 19.0 Å². The largest absolute Gasteiger partial charge is 0.356 e. The average molecular weight is 240 g/mol. The molecular formula is C12H20N2OS. The molecule has 0 saturated heterocycles. The van der Waals surface area contributed by atoms with Gasteiger partial charge < -0.3 is 10.6 Å². The van der Waals surface area contributed by atoms with Gasteiger partial charge in [0, 0.05) is 19.6 Å². The van der Waals surface area contributed by atoms with E-state index in [0.29, 0.717) is 13.1 Å². The first-order valence-corrected chi connectivity index (χ1v) is 6.50. The molecule has 0 aliphatic heterocycles. The highest BCUT2D eigenvalue weighted by molar-refractivity contribution is 7.07. The van der Waals surface area contributed by atoms with E-state index in [0.717, 1.165) is 6.54 Å². The third-order valence-electron chi connectivity index (χ3n) is 2.43. The predicted molar refractivity (Wildman–Crippen MR) is 68.5 cm³/mol. The summed E-state index contributed by atoms with van der Waals surface area (Å²) < 4.78 is 0. The van der Waals surface area contributed by atoms with Crippen LogP contribution in [0.5, 0.6) is 0 Å². The molecule has 0 bridgehead atoms. The maximum absolute atomic E-state index is 11.7. The van der Waals surface area contributed by atoms with Crippen molar-refractivity contribution in [1.29, 1.82) is 0 Å². The lowest BCUT2D eigenvalue weighted by Gasteiger charge is -2.23. The Morgan fingerprint density at radius 3 is 2.81 bits per heavy atom. The number of amides is 1. The molecule has 1 amide bonds. The van der Waals surface area contributed by atoms with Crippen molar-refractivity contribution < 1.29 is 4.79 Å². The smallest absolute Gasteiger partial charge is 0.226 e. The van der Waals surface area contributed by atoms with Gasteiger partial charge in [0.1, 0.15) is 0 Å². The molecule has 3 nitrogen and oxygen atoms in total. The van der Waals surface area contributed by atoms with E-state index in [1.165, 1.54) is 5.56 Å². The van der Waals surface area contributed by atoms with Crippen LogP contribution in [0.15, 0.2) is 16.8 Å². The predicted octanol–water partition coefficient (Wildman–Crippen LogP) is 2.00. The van der Waals surface area contributed by atoms with Crippen molar-refractivity contribution in [2.45, 2.75) is 27.3 Å². The van der Waals surface area contributed by atoms with Crippen LogP contribution in [0, 0.1) is 5.41 Å². The van der Waals surface area contributed by atoms with E-state index >= 15 is 0 Å². The molecule has 1 aromatic rings. The highest BCUT2D eigenvalue weighted by Crippen LogP contribution is 2.14. The second-order valence-corrected chi connectivity index (χ2v) is 5.26. The van der Waals surface area contributed by atoms with Gasteiger partial charge in [0.15, 0.2) is 0 Å². The van der Waals surface area contributed by atoms with Crippen molar-refractivity contribution >= 4 is 17.2 Å². The van der Waals surface area contributed by atoms with Crippen LogP contribution in [0.3, 0.4) is 0 Å². The summed E-state index contributed by atoms with van der Waals surface area (Å²) in [6.07, 6.45) is 0. The van der Waals surface area contributed by atoms with E-state index in [4.69, 9.17) is 0 Å². The molecule has 16 heavy (non-hydrogen) atoms. The average Bonchev–Trinajstić information content (AvgIpc) is 2.70. The van der Waals surface area contributed by atoms with Gasteiger partial charge in [-0.15, -0.1) is 0 Å². The molecule has 0 aromatic carbocycles. The fourth-order valence-electron chi connectivity index (χ4n) is 1.39. The van der Waals surface area contributed by atoms with E-state index in [-0.39, 0.29) is 11.3 Å². The van der Waals surface area contributed by atoms with Crippen LogP contribution >= 0.6 is 11.3 Å². The molecule has 0 aliphatic carbocycles. The summed E-state index contributed by atoms with van der Waals surface area (Å²) in [6, 6.07) is 2.09. The first-order chi connectivity index (χ1) is 7.56. The summed E-state index contributed by atoms with van der Waals surface area (Å²) in [5.41, 5.74) is 0.920. The van der Waals surface area contributed by atoms with Crippen molar-refractivity contribution in [3.63, 3.8) is 0 Å². The molecule has 0 atom stereocenters. The van der Waals surface area contributed by atoms with Crippen LogP contribution < -0.4 is 10.6 Å². The number of nitrogens with one attached hydrogen (secondary N) is 2. The van der Waals surface area contributed by atoms with E-state index in [2.05, 4.69) is 27.5 Å². The van der Waals surface area contributed by atoms with Gasteiger partial charge in [-0.1, -0.05) is 0 Å². The maximum atomic E-state index is 11.7. The van der Waals surface area contributed by atoms with Crippen molar-refractivity contribution in [1.82, 2.24) is 10.6 Å². The van der Waals surface area contributed by atoms with Crippen molar-refractivity contribution in [3.05, 3.63) is 22.4 Å². The number of thiophene rings is 1. The third kappa shape index (κ3) is 3.94. The minimum absolute atomic E-state index is 0.104. The van der Waals surface area contributed by atoms with Gasteiger partial charge in [-0.25, -0.2) is 0 Å². The topological polar surface area (TPSA) is 41.1 Å². The molecule has 0 saturated carbocycles. The molecule has 90 valence electrons. The summed E-state index contributed by atoms with van der Waals surface area (Å²) in [5.74, 6) is 0.104. The molecule has 0 fully saturated rings. The minimum Gasteiger partial charge on any atom is -0.356 e. The lowest BCUT2D eigenvalue weighted by molar-refractivity contribution is -0.129. The van der Waals surface area contributed by atoms with E-state index in [1.807, 2.05) is 20.8 Å². The zero-order valence-electron chi connectivity index (χ0n) is 10.2. The number of hydrogen-bond donors (Lipinski definition) is 2. The Bertz CT molecular complexity index is 320. The second kappa shape index (κ2) is 6.01. The monoisotopic (exact) mass is 240 g/mol. The third-order valence-corrected chi connectivity index (χ3v) is 3.16. The Kier molecular flexibility index (Phi) is 4.96. The fraction of sp³-hybridized carbons (Fsp3) is 0.583. The summed E-state index contributed by atoms with van der Waals surface area (Å²) >= 11 is 1.69. The highest BCUT2D eigenvalue weighted by Gasteiger charge is 2.26. The van der Waals surface area contributed by atoms with Gasteiger partial charge in [0.25, 0.3) is 0 Å². The molecule has 0 aliphatic rings. The highest BCUT2D eigenvalue weighted by atomic mass is 32.1.